The molecule has 1 heterocycles. The summed E-state index contributed by atoms with van der Waals surface area (Å²) in [5.74, 6) is 0. The second kappa shape index (κ2) is 3.42. The Kier molecular flexibility index (Phi) is 2.70. The number of nitrogens with two attached hydrogens (primary N) is 1. The van der Waals surface area contributed by atoms with Gasteiger partial charge in [0, 0.05) is 17.9 Å². The minimum Gasteiger partial charge on any atom is -0.325 e. The average molecular weight is 185 g/mol. The van der Waals surface area contributed by atoms with E-state index in [0.717, 1.165) is 12.0 Å². The van der Waals surface area contributed by atoms with Crippen molar-refractivity contribution in [1.82, 2.24) is 4.98 Å². The first-order valence-corrected chi connectivity index (χ1v) is 4.24. The molecule has 0 bridgehead atoms. The van der Waals surface area contributed by atoms with Crippen molar-refractivity contribution in [2.24, 2.45) is 5.73 Å². The zero-order valence-electron chi connectivity index (χ0n) is 7.34. The van der Waals surface area contributed by atoms with Crippen LogP contribution in [0.2, 0.25) is 5.02 Å². The Morgan fingerprint density at radius 3 is 2.75 bits per heavy atom. The van der Waals surface area contributed by atoms with Crippen LogP contribution in [0.3, 0.4) is 0 Å². The van der Waals surface area contributed by atoms with Gasteiger partial charge < -0.3 is 5.73 Å². The third-order valence-electron chi connectivity index (χ3n) is 1.50. The monoisotopic (exact) mass is 184 g/mol. The highest BCUT2D eigenvalue weighted by Crippen LogP contribution is 2.17. The number of pyridine rings is 1. The van der Waals surface area contributed by atoms with Gasteiger partial charge in [0.15, 0.2) is 0 Å². The van der Waals surface area contributed by atoms with Gasteiger partial charge in [-0.05, 0) is 31.9 Å². The van der Waals surface area contributed by atoms with Gasteiger partial charge in [-0.1, -0.05) is 11.6 Å². The molecule has 0 fully saturated rings. The van der Waals surface area contributed by atoms with Crippen LogP contribution in [0.5, 0.6) is 0 Å². The van der Waals surface area contributed by atoms with Crippen molar-refractivity contribution in [3.8, 4) is 0 Å². The third kappa shape index (κ3) is 2.80. The smallest absolute Gasteiger partial charge is 0.0621 e. The lowest BCUT2D eigenvalue weighted by molar-refractivity contribution is 0.516. The van der Waals surface area contributed by atoms with Gasteiger partial charge in [-0.3, -0.25) is 4.98 Å². The molecule has 1 rings (SSSR count). The molecule has 1 aromatic heterocycles. The van der Waals surface area contributed by atoms with Gasteiger partial charge >= 0.3 is 0 Å². The van der Waals surface area contributed by atoms with Gasteiger partial charge in [0.05, 0.1) is 5.02 Å². The van der Waals surface area contributed by atoms with Crippen LogP contribution in [-0.2, 0) is 6.42 Å². The summed E-state index contributed by atoms with van der Waals surface area (Å²) in [6, 6.07) is 1.90. The van der Waals surface area contributed by atoms with Crippen LogP contribution in [0.25, 0.3) is 0 Å². The second-order valence-corrected chi connectivity index (χ2v) is 4.04. The summed E-state index contributed by atoms with van der Waals surface area (Å²) in [6.07, 6.45) is 4.14. The third-order valence-corrected chi connectivity index (χ3v) is 1.84. The quantitative estimate of drug-likeness (QED) is 0.764. The van der Waals surface area contributed by atoms with Crippen molar-refractivity contribution in [3.05, 3.63) is 29.0 Å². The molecule has 2 N–H and O–H groups in total. The first-order valence-electron chi connectivity index (χ1n) is 3.86. The van der Waals surface area contributed by atoms with E-state index in [1.54, 1.807) is 12.4 Å². The predicted molar refractivity (Wildman–Crippen MR) is 51.2 cm³/mol. The first-order chi connectivity index (χ1) is 5.49. The van der Waals surface area contributed by atoms with E-state index >= 15 is 0 Å². The molecule has 0 atom stereocenters. The molecule has 0 amide bonds. The second-order valence-electron chi connectivity index (χ2n) is 3.63. The summed E-state index contributed by atoms with van der Waals surface area (Å²) in [6.45, 7) is 3.95. The van der Waals surface area contributed by atoms with Crippen molar-refractivity contribution in [1.29, 1.82) is 0 Å². The van der Waals surface area contributed by atoms with Gasteiger partial charge in [-0.25, -0.2) is 0 Å². The van der Waals surface area contributed by atoms with Crippen molar-refractivity contribution < 1.29 is 0 Å². The minimum atomic E-state index is -0.217. The number of nitrogens with zero attached hydrogens (tertiary/aromatic N) is 1. The Morgan fingerprint density at radius 2 is 2.25 bits per heavy atom. The average Bonchev–Trinajstić information content (AvgIpc) is 1.91. The zero-order valence-corrected chi connectivity index (χ0v) is 8.10. The Morgan fingerprint density at radius 1 is 1.58 bits per heavy atom. The van der Waals surface area contributed by atoms with Crippen molar-refractivity contribution >= 4 is 11.6 Å². The van der Waals surface area contributed by atoms with Gasteiger partial charge in [0.1, 0.15) is 0 Å². The number of hydrogen-bond acceptors (Lipinski definition) is 2. The Bertz CT molecular complexity index is 265. The van der Waals surface area contributed by atoms with Crippen LogP contribution in [0.1, 0.15) is 19.4 Å². The van der Waals surface area contributed by atoms with E-state index in [1.807, 2.05) is 19.9 Å². The standard InChI is InChI=1S/C9H13ClN2/c1-9(2,11)5-7-3-4-12-6-8(7)10/h3-4,6H,5,11H2,1-2H3. The van der Waals surface area contributed by atoms with Crippen molar-refractivity contribution in [2.75, 3.05) is 0 Å². The molecule has 0 unspecified atom stereocenters. The highest BCUT2D eigenvalue weighted by atomic mass is 35.5. The minimum absolute atomic E-state index is 0.217. The Balaban J connectivity index is 2.83. The molecule has 0 spiro atoms. The van der Waals surface area contributed by atoms with Crippen LogP contribution < -0.4 is 5.73 Å². The largest absolute Gasteiger partial charge is 0.325 e. The van der Waals surface area contributed by atoms with Crippen LogP contribution >= 0.6 is 11.6 Å². The van der Waals surface area contributed by atoms with Gasteiger partial charge in [-0.15, -0.1) is 0 Å². The Labute approximate surface area is 77.8 Å². The summed E-state index contributed by atoms with van der Waals surface area (Å²) in [4.78, 5) is 3.90. The van der Waals surface area contributed by atoms with E-state index in [-0.39, 0.29) is 5.54 Å². The lowest BCUT2D eigenvalue weighted by Gasteiger charge is -2.18. The topological polar surface area (TPSA) is 38.9 Å². The molecule has 0 aliphatic carbocycles. The highest BCUT2D eigenvalue weighted by molar-refractivity contribution is 6.31. The van der Waals surface area contributed by atoms with E-state index in [4.69, 9.17) is 17.3 Å². The molecule has 0 saturated carbocycles. The normalized spacial score (nSPS) is 11.7. The molecular formula is C9H13ClN2. The number of rotatable bonds is 2. The predicted octanol–water partition coefficient (Wildman–Crippen LogP) is 2.01. The lowest BCUT2D eigenvalue weighted by atomic mass is 9.97. The van der Waals surface area contributed by atoms with Crippen molar-refractivity contribution in [3.63, 3.8) is 0 Å². The molecular weight excluding hydrogens is 172 g/mol. The summed E-state index contributed by atoms with van der Waals surface area (Å²) < 4.78 is 0. The molecule has 2 nitrogen and oxygen atoms in total. The van der Waals surface area contributed by atoms with Crippen LogP contribution in [0, 0.1) is 0 Å². The lowest BCUT2D eigenvalue weighted by Crippen LogP contribution is -2.34. The number of halogens is 1. The van der Waals surface area contributed by atoms with E-state index in [2.05, 4.69) is 4.98 Å². The van der Waals surface area contributed by atoms with E-state index < -0.39 is 0 Å². The zero-order chi connectivity index (χ0) is 9.19. The van der Waals surface area contributed by atoms with Gasteiger partial charge in [0.25, 0.3) is 0 Å². The van der Waals surface area contributed by atoms with Crippen LogP contribution in [0.4, 0.5) is 0 Å². The summed E-state index contributed by atoms with van der Waals surface area (Å²) in [7, 11) is 0. The molecule has 0 saturated heterocycles. The summed E-state index contributed by atoms with van der Waals surface area (Å²) in [5.41, 5.74) is 6.69. The van der Waals surface area contributed by atoms with Gasteiger partial charge in [-0.2, -0.15) is 0 Å². The maximum absolute atomic E-state index is 5.91. The molecule has 3 heteroatoms. The summed E-state index contributed by atoms with van der Waals surface area (Å²) in [5, 5.41) is 0.691. The summed E-state index contributed by atoms with van der Waals surface area (Å²) >= 11 is 5.91. The van der Waals surface area contributed by atoms with Crippen molar-refractivity contribution in [2.45, 2.75) is 25.8 Å². The molecule has 1 aromatic rings. The molecule has 66 valence electrons. The fourth-order valence-electron chi connectivity index (χ4n) is 1.04. The number of aromatic nitrogens is 1. The molecule has 0 aromatic carbocycles. The van der Waals surface area contributed by atoms with E-state index in [9.17, 15) is 0 Å². The molecule has 12 heavy (non-hydrogen) atoms. The highest BCUT2D eigenvalue weighted by Gasteiger charge is 2.13. The van der Waals surface area contributed by atoms with Crippen LogP contribution in [0.15, 0.2) is 18.5 Å². The molecule has 0 aliphatic rings. The fraction of sp³-hybridized carbons (Fsp3) is 0.444. The molecule has 0 radical (unpaired) electrons. The maximum Gasteiger partial charge on any atom is 0.0621 e. The maximum atomic E-state index is 5.91. The van der Waals surface area contributed by atoms with Crippen LogP contribution in [-0.4, -0.2) is 10.5 Å². The Hall–Kier alpha value is -0.600. The number of hydrogen-bond donors (Lipinski definition) is 1. The SMILES string of the molecule is CC(C)(N)Cc1ccncc1Cl. The van der Waals surface area contributed by atoms with E-state index in [0.29, 0.717) is 5.02 Å². The molecule has 0 aliphatic heterocycles. The van der Waals surface area contributed by atoms with Gasteiger partial charge in [0.2, 0.25) is 0 Å². The first kappa shape index (κ1) is 9.49. The van der Waals surface area contributed by atoms with E-state index in [1.165, 1.54) is 0 Å². The fourth-order valence-corrected chi connectivity index (χ4v) is 1.22.